The summed E-state index contributed by atoms with van der Waals surface area (Å²) in [5, 5.41) is 11.3. The molecule has 1 fully saturated rings. The van der Waals surface area contributed by atoms with Gasteiger partial charge in [0.05, 0.1) is 12.0 Å². The van der Waals surface area contributed by atoms with Gasteiger partial charge in [0.2, 0.25) is 5.91 Å². The standard InChI is InChI=1S/C24H25N3O/c1-6-7-15-8-10-19-17(12-15)18-13-16(9-11-20(18)23(19,2)3)24(4)14-21(28)27(5)22(25)26-24/h8-13H,14H2,1-5H3,(H2,25,26). The molecule has 1 aliphatic heterocycles. The van der Waals surface area contributed by atoms with Crippen molar-refractivity contribution >= 4 is 11.9 Å². The monoisotopic (exact) mass is 371 g/mol. The Balaban J connectivity index is 1.86. The summed E-state index contributed by atoms with van der Waals surface area (Å²) in [4.78, 5) is 13.7. The maximum absolute atomic E-state index is 12.4. The molecular formula is C24H25N3O. The van der Waals surface area contributed by atoms with Gasteiger partial charge in [0.1, 0.15) is 0 Å². The molecule has 2 aliphatic rings. The minimum Gasteiger partial charge on any atom is -0.346 e. The van der Waals surface area contributed by atoms with Crippen molar-refractivity contribution in [1.29, 1.82) is 5.41 Å². The molecule has 2 aromatic rings. The number of fused-ring (bicyclic) bond motifs is 3. The zero-order valence-electron chi connectivity index (χ0n) is 17.0. The van der Waals surface area contributed by atoms with E-state index in [1.165, 1.54) is 27.2 Å². The van der Waals surface area contributed by atoms with Crippen LogP contribution in [0.3, 0.4) is 0 Å². The molecule has 1 heterocycles. The van der Waals surface area contributed by atoms with Gasteiger partial charge in [0.25, 0.3) is 0 Å². The van der Waals surface area contributed by atoms with Crippen molar-refractivity contribution in [2.75, 3.05) is 7.05 Å². The van der Waals surface area contributed by atoms with Gasteiger partial charge in [-0.05, 0) is 59.9 Å². The number of guanidine groups is 1. The lowest BCUT2D eigenvalue weighted by Gasteiger charge is -2.40. The first-order valence-electron chi connectivity index (χ1n) is 9.53. The molecule has 1 aliphatic carbocycles. The highest BCUT2D eigenvalue weighted by Gasteiger charge is 2.40. The molecule has 4 heteroatoms. The van der Waals surface area contributed by atoms with E-state index in [4.69, 9.17) is 5.41 Å². The van der Waals surface area contributed by atoms with Gasteiger partial charge >= 0.3 is 0 Å². The molecule has 0 saturated carbocycles. The molecule has 2 N–H and O–H groups in total. The zero-order valence-corrected chi connectivity index (χ0v) is 17.0. The smallest absolute Gasteiger partial charge is 0.231 e. The van der Waals surface area contributed by atoms with Crippen molar-refractivity contribution in [2.45, 2.75) is 45.1 Å². The summed E-state index contributed by atoms with van der Waals surface area (Å²) in [5.41, 5.74) is 6.34. The minimum absolute atomic E-state index is 0.0482. The van der Waals surface area contributed by atoms with Crippen molar-refractivity contribution in [3.8, 4) is 23.0 Å². The Hall–Kier alpha value is -3.06. The van der Waals surface area contributed by atoms with Gasteiger partial charge in [-0.1, -0.05) is 38.0 Å². The van der Waals surface area contributed by atoms with Crippen LogP contribution in [0.2, 0.25) is 0 Å². The third-order valence-corrected chi connectivity index (χ3v) is 6.19. The summed E-state index contributed by atoms with van der Waals surface area (Å²) < 4.78 is 0. The van der Waals surface area contributed by atoms with Gasteiger partial charge in [-0.2, -0.15) is 0 Å². The van der Waals surface area contributed by atoms with Gasteiger partial charge in [-0.25, -0.2) is 0 Å². The van der Waals surface area contributed by atoms with E-state index in [0.29, 0.717) is 6.42 Å². The third-order valence-electron chi connectivity index (χ3n) is 6.19. The number of hydrogen-bond donors (Lipinski definition) is 2. The molecule has 4 rings (SSSR count). The third kappa shape index (κ3) is 2.54. The molecule has 0 radical (unpaired) electrons. The number of hydrogen-bond acceptors (Lipinski definition) is 2. The quantitative estimate of drug-likeness (QED) is 0.746. The van der Waals surface area contributed by atoms with E-state index >= 15 is 0 Å². The number of nitrogens with zero attached hydrogens (tertiary/aromatic N) is 1. The van der Waals surface area contributed by atoms with E-state index in [1.807, 2.05) is 13.8 Å². The predicted octanol–water partition coefficient (Wildman–Crippen LogP) is 3.97. The average molecular weight is 371 g/mol. The molecule has 2 aromatic carbocycles. The van der Waals surface area contributed by atoms with Crippen LogP contribution in [0.15, 0.2) is 36.4 Å². The summed E-state index contributed by atoms with van der Waals surface area (Å²) in [5.74, 6) is 6.22. The van der Waals surface area contributed by atoms with Crippen molar-refractivity contribution in [1.82, 2.24) is 10.2 Å². The van der Waals surface area contributed by atoms with E-state index in [9.17, 15) is 4.79 Å². The fourth-order valence-corrected chi connectivity index (χ4v) is 4.44. The zero-order chi connectivity index (χ0) is 20.3. The van der Waals surface area contributed by atoms with Crippen LogP contribution >= 0.6 is 0 Å². The second-order valence-corrected chi connectivity index (χ2v) is 8.46. The first-order chi connectivity index (χ1) is 13.2. The average Bonchev–Trinajstić information content (AvgIpc) is 2.87. The first kappa shape index (κ1) is 18.3. The van der Waals surface area contributed by atoms with Crippen molar-refractivity contribution in [2.24, 2.45) is 0 Å². The van der Waals surface area contributed by atoms with Crippen LogP contribution in [0.5, 0.6) is 0 Å². The summed E-state index contributed by atoms with van der Waals surface area (Å²) >= 11 is 0. The van der Waals surface area contributed by atoms with E-state index in [0.717, 1.165) is 11.1 Å². The number of nitrogens with one attached hydrogen (secondary N) is 2. The highest BCUT2D eigenvalue weighted by molar-refractivity contribution is 5.99. The van der Waals surface area contributed by atoms with Crippen LogP contribution in [0.4, 0.5) is 0 Å². The normalized spacial score (nSPS) is 22.1. The van der Waals surface area contributed by atoms with Crippen molar-refractivity contribution in [3.05, 3.63) is 58.7 Å². The molecule has 1 atom stereocenters. The second-order valence-electron chi connectivity index (χ2n) is 8.46. The molecule has 0 spiro atoms. The lowest BCUT2D eigenvalue weighted by Crippen LogP contribution is -2.58. The second kappa shape index (κ2) is 5.97. The van der Waals surface area contributed by atoms with E-state index in [2.05, 4.69) is 67.4 Å². The Morgan fingerprint density at radius 3 is 2.36 bits per heavy atom. The SMILES string of the molecule is CC#Cc1ccc2c(c1)-c1cc(C3(C)CC(=O)N(C)C(=N)N3)ccc1C2(C)C. The highest BCUT2D eigenvalue weighted by atomic mass is 16.2. The van der Waals surface area contributed by atoms with Gasteiger partial charge < -0.3 is 5.32 Å². The Kier molecular flexibility index (Phi) is 3.90. The van der Waals surface area contributed by atoms with Crippen molar-refractivity contribution in [3.63, 3.8) is 0 Å². The summed E-state index contributed by atoms with van der Waals surface area (Å²) in [6, 6.07) is 12.9. The number of benzene rings is 2. The molecule has 1 unspecified atom stereocenters. The topological polar surface area (TPSA) is 56.2 Å². The van der Waals surface area contributed by atoms with Gasteiger partial charge in [-0.15, -0.1) is 5.92 Å². The number of carbonyl (C=O) groups is 1. The summed E-state index contributed by atoms with van der Waals surface area (Å²) in [7, 11) is 1.63. The molecular weight excluding hydrogens is 346 g/mol. The van der Waals surface area contributed by atoms with E-state index in [-0.39, 0.29) is 17.3 Å². The van der Waals surface area contributed by atoms with Crippen LogP contribution in [-0.4, -0.2) is 23.8 Å². The minimum atomic E-state index is -0.594. The fourth-order valence-electron chi connectivity index (χ4n) is 4.44. The van der Waals surface area contributed by atoms with Crippen LogP contribution in [0.1, 0.15) is 56.4 Å². The Morgan fingerprint density at radius 1 is 1.07 bits per heavy atom. The largest absolute Gasteiger partial charge is 0.346 e. The van der Waals surface area contributed by atoms with Gasteiger partial charge in [0.15, 0.2) is 5.96 Å². The lowest BCUT2D eigenvalue weighted by atomic mass is 9.80. The number of amides is 1. The first-order valence-corrected chi connectivity index (χ1v) is 9.53. The molecule has 4 nitrogen and oxygen atoms in total. The van der Waals surface area contributed by atoms with Crippen LogP contribution in [0.25, 0.3) is 11.1 Å². The lowest BCUT2D eigenvalue weighted by molar-refractivity contribution is -0.129. The molecule has 0 aromatic heterocycles. The summed E-state index contributed by atoms with van der Waals surface area (Å²) in [6.07, 6.45) is 0.322. The Morgan fingerprint density at radius 2 is 1.71 bits per heavy atom. The van der Waals surface area contributed by atoms with Gasteiger partial charge in [0, 0.05) is 18.0 Å². The molecule has 1 amide bonds. The Bertz CT molecular complexity index is 1070. The number of carbonyl (C=O) groups excluding carboxylic acids is 1. The molecule has 28 heavy (non-hydrogen) atoms. The molecule has 1 saturated heterocycles. The molecule has 0 bridgehead atoms. The van der Waals surface area contributed by atoms with Gasteiger partial charge in [-0.3, -0.25) is 15.1 Å². The Labute approximate surface area is 166 Å². The van der Waals surface area contributed by atoms with Crippen LogP contribution < -0.4 is 5.32 Å². The van der Waals surface area contributed by atoms with Crippen molar-refractivity contribution < 1.29 is 4.79 Å². The van der Waals surface area contributed by atoms with E-state index in [1.54, 1.807) is 7.05 Å². The summed E-state index contributed by atoms with van der Waals surface area (Å²) in [6.45, 7) is 8.34. The maximum atomic E-state index is 12.4. The van der Waals surface area contributed by atoms with E-state index < -0.39 is 5.54 Å². The van der Waals surface area contributed by atoms with Crippen LogP contribution in [-0.2, 0) is 15.7 Å². The van der Waals surface area contributed by atoms with Crippen LogP contribution in [0, 0.1) is 17.3 Å². The maximum Gasteiger partial charge on any atom is 0.231 e. The number of rotatable bonds is 1. The fraction of sp³-hybridized carbons (Fsp3) is 0.333. The molecule has 142 valence electrons. The highest BCUT2D eigenvalue weighted by Crippen LogP contribution is 2.50. The predicted molar refractivity (Wildman–Crippen MR) is 112 cm³/mol.